The number of rotatable bonds is 5. The molecule has 0 aliphatic carbocycles. The highest BCUT2D eigenvalue weighted by Crippen LogP contribution is 2.34. The van der Waals surface area contributed by atoms with E-state index in [0.717, 1.165) is 29.1 Å². The third-order valence-electron chi connectivity index (χ3n) is 3.27. The lowest BCUT2D eigenvalue weighted by Gasteiger charge is -2.14. The first-order valence-electron chi connectivity index (χ1n) is 6.95. The molecule has 1 aromatic heterocycles. The molecule has 0 radical (unpaired) electrons. The Balaban J connectivity index is 1.83. The van der Waals surface area contributed by atoms with Crippen molar-refractivity contribution >= 4 is 23.4 Å². The Labute approximate surface area is 128 Å². The van der Waals surface area contributed by atoms with Gasteiger partial charge in [0.15, 0.2) is 5.16 Å². The number of fused-ring (bicyclic) bond motifs is 1. The molecule has 2 N–H and O–H groups in total. The summed E-state index contributed by atoms with van der Waals surface area (Å²) in [5.74, 6) is 2.60. The molecule has 6 heteroatoms. The zero-order valence-electron chi connectivity index (χ0n) is 12.1. The molecule has 0 spiro atoms. The summed E-state index contributed by atoms with van der Waals surface area (Å²) < 4.78 is 5.69. The molecule has 2 aromatic rings. The molecule has 0 amide bonds. The van der Waals surface area contributed by atoms with Gasteiger partial charge >= 0.3 is 0 Å². The normalized spacial score (nSPS) is 16.2. The van der Waals surface area contributed by atoms with Crippen LogP contribution >= 0.6 is 11.8 Å². The fourth-order valence-electron chi connectivity index (χ4n) is 2.32. The molecule has 1 atom stereocenters. The number of para-hydroxylation sites is 1. The minimum Gasteiger partial charge on any atom is -0.491 e. The minimum atomic E-state index is 0.125. The van der Waals surface area contributed by atoms with Crippen LogP contribution in [0.15, 0.2) is 35.5 Å². The van der Waals surface area contributed by atoms with Gasteiger partial charge in [0.25, 0.3) is 0 Å². The van der Waals surface area contributed by atoms with Crippen LogP contribution in [0.5, 0.6) is 5.75 Å². The van der Waals surface area contributed by atoms with Crippen molar-refractivity contribution in [3.8, 4) is 5.75 Å². The second-order valence-electron chi connectivity index (χ2n) is 4.70. The van der Waals surface area contributed by atoms with Gasteiger partial charge in [-0.25, -0.2) is 9.97 Å². The molecule has 0 saturated carbocycles. The summed E-state index contributed by atoms with van der Waals surface area (Å²) >= 11 is 1.53. The molecular weight excluding hydrogens is 284 g/mol. The van der Waals surface area contributed by atoms with Gasteiger partial charge in [0.1, 0.15) is 24.0 Å². The van der Waals surface area contributed by atoms with E-state index >= 15 is 0 Å². The molecule has 1 unspecified atom stereocenters. The van der Waals surface area contributed by atoms with E-state index in [9.17, 15) is 0 Å². The fourth-order valence-corrected chi connectivity index (χ4v) is 2.70. The van der Waals surface area contributed by atoms with Gasteiger partial charge in [-0.3, -0.25) is 0 Å². The summed E-state index contributed by atoms with van der Waals surface area (Å²) in [6.45, 7) is 3.50. The van der Waals surface area contributed by atoms with Crippen molar-refractivity contribution in [2.75, 3.05) is 30.0 Å². The number of hydrogen-bond donors (Lipinski definition) is 2. The van der Waals surface area contributed by atoms with E-state index in [2.05, 4.69) is 33.6 Å². The lowest BCUT2D eigenvalue weighted by atomic mass is 10.1. The van der Waals surface area contributed by atoms with Crippen molar-refractivity contribution in [2.45, 2.75) is 18.1 Å². The van der Waals surface area contributed by atoms with Crippen LogP contribution in [-0.4, -0.2) is 29.4 Å². The van der Waals surface area contributed by atoms with Gasteiger partial charge in [0.2, 0.25) is 0 Å². The van der Waals surface area contributed by atoms with Crippen LogP contribution < -0.4 is 15.4 Å². The van der Waals surface area contributed by atoms with Gasteiger partial charge in [-0.05, 0) is 19.2 Å². The average molecular weight is 302 g/mol. The first-order chi connectivity index (χ1) is 10.3. The van der Waals surface area contributed by atoms with Crippen molar-refractivity contribution in [1.82, 2.24) is 9.97 Å². The Morgan fingerprint density at radius 3 is 2.90 bits per heavy atom. The molecule has 0 fully saturated rings. The largest absolute Gasteiger partial charge is 0.491 e. The number of benzene rings is 1. The smallest absolute Gasteiger partial charge is 0.191 e. The molecule has 2 heterocycles. The van der Waals surface area contributed by atoms with Crippen molar-refractivity contribution in [3.63, 3.8) is 0 Å². The molecule has 110 valence electrons. The van der Waals surface area contributed by atoms with E-state index in [1.54, 1.807) is 0 Å². The van der Waals surface area contributed by atoms with Gasteiger partial charge in [-0.1, -0.05) is 30.0 Å². The van der Waals surface area contributed by atoms with Crippen molar-refractivity contribution < 1.29 is 4.74 Å². The second-order valence-corrected chi connectivity index (χ2v) is 5.47. The quantitative estimate of drug-likeness (QED) is 0.653. The number of ether oxygens (including phenoxy) is 1. The van der Waals surface area contributed by atoms with Crippen LogP contribution in [0, 0.1) is 0 Å². The number of nitrogens with zero attached hydrogens (tertiary/aromatic N) is 2. The first-order valence-corrected chi connectivity index (χ1v) is 8.18. The summed E-state index contributed by atoms with van der Waals surface area (Å²) in [5.41, 5.74) is 1.17. The lowest BCUT2D eigenvalue weighted by molar-refractivity contribution is 0.339. The highest BCUT2D eigenvalue weighted by atomic mass is 32.2. The van der Waals surface area contributed by atoms with Gasteiger partial charge in [-0.2, -0.15) is 0 Å². The Hall–Kier alpha value is -1.95. The Morgan fingerprint density at radius 2 is 2.10 bits per heavy atom. The van der Waals surface area contributed by atoms with E-state index in [4.69, 9.17) is 4.74 Å². The summed E-state index contributed by atoms with van der Waals surface area (Å²) in [5, 5.41) is 7.43. The van der Waals surface area contributed by atoms with Crippen LogP contribution in [0.4, 0.5) is 11.6 Å². The molecule has 0 bridgehead atoms. The number of nitrogens with one attached hydrogen (secondary N) is 2. The highest BCUT2D eigenvalue weighted by Gasteiger charge is 2.23. The molecule has 5 nitrogen and oxygen atoms in total. The van der Waals surface area contributed by atoms with Crippen LogP contribution in [-0.2, 0) is 0 Å². The predicted octanol–water partition coefficient (Wildman–Crippen LogP) is 3.18. The number of anilines is 2. The SMILES string of the molecule is CCNc1cc(NC2COc3ccccc32)nc(SC)n1. The maximum Gasteiger partial charge on any atom is 0.191 e. The summed E-state index contributed by atoms with van der Waals surface area (Å²) in [7, 11) is 0. The van der Waals surface area contributed by atoms with Gasteiger partial charge in [0, 0.05) is 18.2 Å². The molecule has 1 aliphatic rings. The Bertz CT molecular complexity index is 635. The maximum absolute atomic E-state index is 5.69. The topological polar surface area (TPSA) is 59.1 Å². The molecule has 1 aliphatic heterocycles. The van der Waals surface area contributed by atoms with Gasteiger partial charge < -0.3 is 15.4 Å². The maximum atomic E-state index is 5.69. The van der Waals surface area contributed by atoms with Crippen LogP contribution in [0.2, 0.25) is 0 Å². The molecular formula is C15H18N4OS. The zero-order chi connectivity index (χ0) is 14.7. The van der Waals surface area contributed by atoms with Crippen LogP contribution in [0.25, 0.3) is 0 Å². The summed E-state index contributed by atoms with van der Waals surface area (Å²) in [4.78, 5) is 8.95. The average Bonchev–Trinajstić information content (AvgIpc) is 2.91. The van der Waals surface area contributed by atoms with E-state index < -0.39 is 0 Å². The van der Waals surface area contributed by atoms with Crippen molar-refractivity contribution in [3.05, 3.63) is 35.9 Å². The number of thioether (sulfide) groups is 1. The zero-order valence-corrected chi connectivity index (χ0v) is 12.9. The molecule has 3 rings (SSSR count). The molecule has 21 heavy (non-hydrogen) atoms. The summed E-state index contributed by atoms with van der Waals surface area (Å²) in [6, 6.07) is 10.2. The Kier molecular flexibility index (Phi) is 4.15. The predicted molar refractivity (Wildman–Crippen MR) is 86.3 cm³/mol. The van der Waals surface area contributed by atoms with Gasteiger partial charge in [-0.15, -0.1) is 0 Å². The van der Waals surface area contributed by atoms with E-state index in [1.165, 1.54) is 17.3 Å². The first kappa shape index (κ1) is 14.0. The van der Waals surface area contributed by atoms with Gasteiger partial charge in [0.05, 0.1) is 6.04 Å². The van der Waals surface area contributed by atoms with E-state index in [-0.39, 0.29) is 6.04 Å². The van der Waals surface area contributed by atoms with Crippen molar-refractivity contribution in [1.29, 1.82) is 0 Å². The molecule has 0 saturated heterocycles. The monoisotopic (exact) mass is 302 g/mol. The van der Waals surface area contributed by atoms with Crippen molar-refractivity contribution in [2.24, 2.45) is 0 Å². The minimum absolute atomic E-state index is 0.125. The molecule has 1 aromatic carbocycles. The standard InChI is InChI=1S/C15H18N4OS/c1-3-16-13-8-14(19-15(18-13)21-2)17-11-9-20-12-7-5-4-6-10(11)12/h4-8,11H,3,9H2,1-2H3,(H2,16,17,18,19). The lowest BCUT2D eigenvalue weighted by Crippen LogP contribution is -2.14. The highest BCUT2D eigenvalue weighted by molar-refractivity contribution is 7.98. The van der Waals surface area contributed by atoms with E-state index in [0.29, 0.717) is 6.61 Å². The third kappa shape index (κ3) is 3.05. The summed E-state index contributed by atoms with van der Waals surface area (Å²) in [6.07, 6.45) is 1.98. The second kappa shape index (κ2) is 6.22. The van der Waals surface area contributed by atoms with Crippen LogP contribution in [0.1, 0.15) is 18.5 Å². The fraction of sp³-hybridized carbons (Fsp3) is 0.333. The van der Waals surface area contributed by atoms with E-state index in [1.807, 2.05) is 30.5 Å². The number of hydrogen-bond acceptors (Lipinski definition) is 6. The Morgan fingerprint density at radius 1 is 1.29 bits per heavy atom. The number of aromatic nitrogens is 2. The van der Waals surface area contributed by atoms with Crippen LogP contribution in [0.3, 0.4) is 0 Å². The third-order valence-corrected chi connectivity index (χ3v) is 3.82.